The summed E-state index contributed by atoms with van der Waals surface area (Å²) in [5, 5.41) is 7.48. The van der Waals surface area contributed by atoms with Crippen LogP contribution in [0.15, 0.2) is 34.9 Å². The van der Waals surface area contributed by atoms with Gasteiger partial charge in [0.05, 0.1) is 5.56 Å². The average molecular weight is 395 g/mol. The lowest BCUT2D eigenvalue weighted by atomic mass is 10.0. The standard InChI is InChI=1S/C21H21N3O3S/c1-12-16(18(24-27-12)13-8-4-2-5-9-13)20(26)23-21-17(19(22)25)14-10-6-3-7-11-15(14)28-21/h2,4-5,8-9H,3,6-7,10-11H2,1H3,(H2,22,25)(H,23,26). The molecule has 2 amide bonds. The van der Waals surface area contributed by atoms with Crippen LogP contribution in [-0.2, 0) is 12.8 Å². The second-order valence-corrected chi connectivity index (χ2v) is 8.02. The number of nitrogens with zero attached hydrogens (tertiary/aromatic N) is 1. The lowest BCUT2D eigenvalue weighted by Gasteiger charge is -2.07. The number of thiophene rings is 1. The molecule has 2 heterocycles. The highest BCUT2D eigenvalue weighted by Crippen LogP contribution is 2.38. The summed E-state index contributed by atoms with van der Waals surface area (Å²) in [6.07, 6.45) is 4.99. The van der Waals surface area contributed by atoms with Crippen LogP contribution in [0.3, 0.4) is 0 Å². The Hall–Kier alpha value is -2.93. The maximum Gasteiger partial charge on any atom is 0.262 e. The van der Waals surface area contributed by atoms with Crippen molar-refractivity contribution in [2.45, 2.75) is 39.0 Å². The average Bonchev–Trinajstić information content (AvgIpc) is 3.14. The molecule has 2 aromatic heterocycles. The molecule has 0 atom stereocenters. The first-order valence-corrected chi connectivity index (χ1v) is 10.1. The van der Waals surface area contributed by atoms with Gasteiger partial charge in [-0.15, -0.1) is 11.3 Å². The quantitative estimate of drug-likeness (QED) is 0.642. The van der Waals surface area contributed by atoms with Crippen molar-refractivity contribution in [1.29, 1.82) is 0 Å². The number of nitrogens with two attached hydrogens (primary N) is 1. The second-order valence-electron chi connectivity index (χ2n) is 6.92. The third kappa shape index (κ3) is 3.33. The number of anilines is 1. The van der Waals surface area contributed by atoms with Gasteiger partial charge in [0.1, 0.15) is 22.0 Å². The molecule has 0 aliphatic heterocycles. The van der Waals surface area contributed by atoms with E-state index in [4.69, 9.17) is 10.3 Å². The number of amides is 2. The monoisotopic (exact) mass is 395 g/mol. The van der Waals surface area contributed by atoms with E-state index >= 15 is 0 Å². The predicted octanol–water partition coefficient (Wildman–Crippen LogP) is 4.33. The van der Waals surface area contributed by atoms with E-state index in [1.807, 2.05) is 30.3 Å². The summed E-state index contributed by atoms with van der Waals surface area (Å²) in [5.74, 6) is -0.424. The number of primary amides is 1. The van der Waals surface area contributed by atoms with Crippen molar-refractivity contribution in [3.8, 4) is 11.3 Å². The summed E-state index contributed by atoms with van der Waals surface area (Å²) in [7, 11) is 0. The molecule has 0 saturated carbocycles. The number of hydrogen-bond acceptors (Lipinski definition) is 5. The highest BCUT2D eigenvalue weighted by molar-refractivity contribution is 7.17. The van der Waals surface area contributed by atoms with Crippen LogP contribution in [0.25, 0.3) is 11.3 Å². The van der Waals surface area contributed by atoms with Gasteiger partial charge in [-0.1, -0.05) is 41.9 Å². The van der Waals surface area contributed by atoms with Crippen LogP contribution >= 0.6 is 11.3 Å². The summed E-state index contributed by atoms with van der Waals surface area (Å²) in [6.45, 7) is 1.70. The summed E-state index contributed by atoms with van der Waals surface area (Å²) < 4.78 is 5.29. The Morgan fingerprint density at radius 2 is 1.86 bits per heavy atom. The lowest BCUT2D eigenvalue weighted by Crippen LogP contribution is -2.18. The Morgan fingerprint density at radius 1 is 1.11 bits per heavy atom. The van der Waals surface area contributed by atoms with Gasteiger partial charge in [-0.05, 0) is 38.2 Å². The van der Waals surface area contributed by atoms with Crippen LogP contribution in [0.2, 0.25) is 0 Å². The second kappa shape index (κ2) is 7.59. The van der Waals surface area contributed by atoms with Gasteiger partial charge < -0.3 is 15.6 Å². The number of carbonyl (C=O) groups is 2. The van der Waals surface area contributed by atoms with E-state index in [1.54, 1.807) is 6.92 Å². The van der Waals surface area contributed by atoms with Crippen molar-refractivity contribution in [2.75, 3.05) is 5.32 Å². The Balaban J connectivity index is 1.71. The molecular weight excluding hydrogens is 374 g/mol. The molecule has 0 bridgehead atoms. The minimum absolute atomic E-state index is 0.350. The molecule has 0 saturated heterocycles. The van der Waals surface area contributed by atoms with E-state index < -0.39 is 5.91 Å². The number of fused-ring (bicyclic) bond motifs is 1. The molecule has 7 heteroatoms. The molecule has 28 heavy (non-hydrogen) atoms. The first-order chi connectivity index (χ1) is 13.6. The SMILES string of the molecule is Cc1onc(-c2ccccc2)c1C(=O)Nc1sc2c(c1C(N)=O)CCCCC2. The molecule has 144 valence electrons. The maximum absolute atomic E-state index is 13.1. The van der Waals surface area contributed by atoms with Crippen LogP contribution in [0.1, 0.15) is 56.2 Å². The smallest absolute Gasteiger partial charge is 0.262 e. The van der Waals surface area contributed by atoms with Gasteiger partial charge >= 0.3 is 0 Å². The molecule has 0 spiro atoms. The van der Waals surface area contributed by atoms with Gasteiger partial charge in [-0.2, -0.15) is 0 Å². The van der Waals surface area contributed by atoms with E-state index in [1.165, 1.54) is 11.3 Å². The number of aryl methyl sites for hydroxylation is 2. The normalized spacial score (nSPS) is 13.6. The molecule has 0 fully saturated rings. The number of hydrogen-bond donors (Lipinski definition) is 2. The van der Waals surface area contributed by atoms with Crippen molar-refractivity contribution < 1.29 is 14.1 Å². The Morgan fingerprint density at radius 3 is 2.61 bits per heavy atom. The minimum Gasteiger partial charge on any atom is -0.365 e. The third-order valence-electron chi connectivity index (χ3n) is 5.03. The molecule has 0 radical (unpaired) electrons. The van der Waals surface area contributed by atoms with E-state index in [0.717, 1.165) is 48.1 Å². The van der Waals surface area contributed by atoms with Gasteiger partial charge in [0.15, 0.2) is 0 Å². The van der Waals surface area contributed by atoms with E-state index in [2.05, 4.69) is 10.5 Å². The summed E-state index contributed by atoms with van der Waals surface area (Å²) in [5.41, 5.74) is 8.75. The fraction of sp³-hybridized carbons (Fsp3) is 0.286. The Labute approximate surface area is 166 Å². The summed E-state index contributed by atoms with van der Waals surface area (Å²) >= 11 is 1.45. The molecule has 3 N–H and O–H groups in total. The van der Waals surface area contributed by atoms with Crippen molar-refractivity contribution >= 4 is 28.2 Å². The maximum atomic E-state index is 13.1. The number of nitrogens with one attached hydrogen (secondary N) is 1. The van der Waals surface area contributed by atoms with Gasteiger partial charge in [0.25, 0.3) is 11.8 Å². The molecule has 0 unspecified atom stereocenters. The van der Waals surface area contributed by atoms with Crippen LogP contribution in [-0.4, -0.2) is 17.0 Å². The number of aromatic nitrogens is 1. The van der Waals surface area contributed by atoms with Crippen molar-refractivity contribution in [3.63, 3.8) is 0 Å². The first-order valence-electron chi connectivity index (χ1n) is 9.33. The number of carbonyl (C=O) groups excluding carboxylic acids is 2. The van der Waals surface area contributed by atoms with Crippen LogP contribution in [0.5, 0.6) is 0 Å². The summed E-state index contributed by atoms with van der Waals surface area (Å²) in [4.78, 5) is 26.4. The van der Waals surface area contributed by atoms with E-state index in [-0.39, 0.29) is 5.91 Å². The largest absolute Gasteiger partial charge is 0.365 e. The van der Waals surface area contributed by atoms with Crippen LogP contribution in [0, 0.1) is 6.92 Å². The number of benzene rings is 1. The van der Waals surface area contributed by atoms with Crippen molar-refractivity contribution in [2.24, 2.45) is 5.73 Å². The van der Waals surface area contributed by atoms with Gasteiger partial charge in [-0.25, -0.2) is 0 Å². The molecule has 1 aliphatic carbocycles. The predicted molar refractivity (Wildman–Crippen MR) is 109 cm³/mol. The van der Waals surface area contributed by atoms with Gasteiger partial charge in [0.2, 0.25) is 0 Å². The Kier molecular flexibility index (Phi) is 5.00. The number of rotatable bonds is 4. The third-order valence-corrected chi connectivity index (χ3v) is 6.24. The van der Waals surface area contributed by atoms with Crippen LogP contribution < -0.4 is 11.1 Å². The molecule has 1 aliphatic rings. The van der Waals surface area contributed by atoms with E-state index in [9.17, 15) is 9.59 Å². The van der Waals surface area contributed by atoms with Gasteiger partial charge in [0, 0.05) is 10.4 Å². The molecule has 1 aromatic carbocycles. The molecule has 3 aromatic rings. The Bertz CT molecular complexity index is 1040. The molecule has 6 nitrogen and oxygen atoms in total. The fourth-order valence-corrected chi connectivity index (χ4v) is 4.98. The highest BCUT2D eigenvalue weighted by atomic mass is 32.1. The first kappa shape index (κ1) is 18.4. The topological polar surface area (TPSA) is 98.2 Å². The van der Waals surface area contributed by atoms with Crippen molar-refractivity contribution in [3.05, 3.63) is 57.7 Å². The molecule has 4 rings (SSSR count). The highest BCUT2D eigenvalue weighted by Gasteiger charge is 2.27. The van der Waals surface area contributed by atoms with Crippen molar-refractivity contribution in [1.82, 2.24) is 5.16 Å². The van der Waals surface area contributed by atoms with E-state index in [0.29, 0.717) is 27.6 Å². The molecular formula is C21H21N3O3S. The zero-order valence-corrected chi connectivity index (χ0v) is 16.4. The van der Waals surface area contributed by atoms with Gasteiger partial charge in [-0.3, -0.25) is 9.59 Å². The fourth-order valence-electron chi connectivity index (χ4n) is 3.69. The van der Waals surface area contributed by atoms with Crippen LogP contribution in [0.4, 0.5) is 5.00 Å². The minimum atomic E-state index is -0.500. The summed E-state index contributed by atoms with van der Waals surface area (Å²) in [6, 6.07) is 9.39. The zero-order valence-electron chi connectivity index (χ0n) is 15.6. The zero-order chi connectivity index (χ0) is 19.7. The lowest BCUT2D eigenvalue weighted by molar-refractivity contribution is 0.100.